The van der Waals surface area contributed by atoms with Crippen molar-refractivity contribution in [3.63, 3.8) is 0 Å². The Hall–Kier alpha value is -0.750. The Kier molecular flexibility index (Phi) is 6.13. The highest BCUT2D eigenvalue weighted by atomic mass is 32.2. The minimum atomic E-state index is -4.53. The van der Waals surface area contributed by atoms with Crippen molar-refractivity contribution in [2.45, 2.75) is 32.1 Å². The normalized spacial score (nSPS) is 13.6. The molecule has 0 aliphatic heterocycles. The second-order valence-corrected chi connectivity index (χ2v) is 5.15. The fraction of sp³-hybridized carbons (Fsp3) is 0.538. The number of halogens is 4. The molecule has 0 aliphatic rings. The minimum Gasteiger partial charge on any atom is -0.309 e. The van der Waals surface area contributed by atoms with Gasteiger partial charge in [-0.3, -0.25) is 0 Å². The van der Waals surface area contributed by atoms with Gasteiger partial charge in [0.25, 0.3) is 0 Å². The first-order valence-electron chi connectivity index (χ1n) is 5.96. The molecule has 1 aromatic rings. The molecule has 0 aliphatic carbocycles. The van der Waals surface area contributed by atoms with Crippen molar-refractivity contribution < 1.29 is 17.6 Å². The summed E-state index contributed by atoms with van der Waals surface area (Å²) >= 11 is 1.64. The molecule has 0 amide bonds. The van der Waals surface area contributed by atoms with Crippen LogP contribution in [0.4, 0.5) is 17.6 Å². The highest BCUT2D eigenvalue weighted by Crippen LogP contribution is 2.32. The molecular weight excluding hydrogens is 278 g/mol. The molecule has 0 saturated heterocycles. The maximum absolute atomic E-state index is 12.9. The summed E-state index contributed by atoms with van der Waals surface area (Å²) in [5.74, 6) is -0.0359. The number of thioether (sulfide) groups is 1. The average Bonchev–Trinajstić information content (AvgIpc) is 2.34. The number of hydrogen-bond acceptors (Lipinski definition) is 2. The first kappa shape index (κ1) is 16.3. The standard InChI is InChI=1S/C13H17F4NS/c1-3-11(8-19-2)18-7-9-4-5-10(14)6-12(9)13(15,16)17/h4-6,11,18H,3,7-8H2,1-2H3. The van der Waals surface area contributed by atoms with E-state index in [1.54, 1.807) is 11.8 Å². The van der Waals surface area contributed by atoms with Gasteiger partial charge in [0.15, 0.2) is 0 Å². The summed E-state index contributed by atoms with van der Waals surface area (Å²) in [6.07, 6.45) is -1.74. The summed E-state index contributed by atoms with van der Waals surface area (Å²) in [5.41, 5.74) is -0.826. The topological polar surface area (TPSA) is 12.0 Å². The van der Waals surface area contributed by atoms with Crippen LogP contribution < -0.4 is 5.32 Å². The summed E-state index contributed by atoms with van der Waals surface area (Å²) in [4.78, 5) is 0. The van der Waals surface area contributed by atoms with Crippen LogP contribution >= 0.6 is 11.8 Å². The molecule has 0 spiro atoms. The summed E-state index contributed by atoms with van der Waals surface area (Å²) in [6.45, 7) is 2.07. The van der Waals surface area contributed by atoms with Crippen LogP contribution in [0, 0.1) is 5.82 Å². The lowest BCUT2D eigenvalue weighted by Crippen LogP contribution is -2.31. The Balaban J connectivity index is 2.83. The van der Waals surface area contributed by atoms with Gasteiger partial charge in [0.2, 0.25) is 0 Å². The zero-order valence-electron chi connectivity index (χ0n) is 10.9. The van der Waals surface area contributed by atoms with E-state index in [9.17, 15) is 17.6 Å². The monoisotopic (exact) mass is 295 g/mol. The number of hydrogen-bond donors (Lipinski definition) is 1. The molecule has 19 heavy (non-hydrogen) atoms. The zero-order chi connectivity index (χ0) is 14.5. The van der Waals surface area contributed by atoms with Crippen LogP contribution in [0.1, 0.15) is 24.5 Å². The van der Waals surface area contributed by atoms with Crippen LogP contribution in [0.2, 0.25) is 0 Å². The van der Waals surface area contributed by atoms with E-state index < -0.39 is 17.6 Å². The molecular formula is C13H17F4NS. The Labute approximate surface area is 114 Å². The van der Waals surface area contributed by atoms with Crippen molar-refractivity contribution in [1.82, 2.24) is 5.32 Å². The van der Waals surface area contributed by atoms with E-state index in [0.717, 1.165) is 18.2 Å². The molecule has 1 nitrogen and oxygen atoms in total. The van der Waals surface area contributed by atoms with Gasteiger partial charge in [-0.25, -0.2) is 4.39 Å². The van der Waals surface area contributed by atoms with E-state index in [0.29, 0.717) is 6.07 Å². The molecule has 1 N–H and O–H groups in total. The molecule has 1 rings (SSSR count). The Morgan fingerprint density at radius 1 is 1.32 bits per heavy atom. The van der Waals surface area contributed by atoms with Crippen molar-refractivity contribution >= 4 is 11.8 Å². The number of rotatable bonds is 6. The van der Waals surface area contributed by atoms with Crippen LogP contribution in [0.25, 0.3) is 0 Å². The molecule has 0 fully saturated rings. The number of nitrogens with one attached hydrogen (secondary N) is 1. The SMILES string of the molecule is CCC(CSC)NCc1ccc(F)cc1C(F)(F)F. The van der Waals surface area contributed by atoms with Gasteiger partial charge < -0.3 is 5.32 Å². The molecule has 0 aromatic heterocycles. The van der Waals surface area contributed by atoms with Gasteiger partial charge >= 0.3 is 6.18 Å². The van der Waals surface area contributed by atoms with Crippen LogP contribution in [-0.2, 0) is 12.7 Å². The third-order valence-electron chi connectivity index (χ3n) is 2.82. The van der Waals surface area contributed by atoms with Crippen molar-refractivity contribution in [3.8, 4) is 0 Å². The van der Waals surface area contributed by atoms with E-state index in [1.165, 1.54) is 6.07 Å². The minimum absolute atomic E-state index is 0.0773. The highest BCUT2D eigenvalue weighted by Gasteiger charge is 2.33. The quantitative estimate of drug-likeness (QED) is 0.794. The first-order valence-corrected chi connectivity index (χ1v) is 7.35. The third kappa shape index (κ3) is 5.03. The van der Waals surface area contributed by atoms with Crippen molar-refractivity contribution in [3.05, 3.63) is 35.1 Å². The summed E-state index contributed by atoms with van der Waals surface area (Å²) in [7, 11) is 0. The van der Waals surface area contributed by atoms with E-state index in [4.69, 9.17) is 0 Å². The summed E-state index contributed by atoms with van der Waals surface area (Å²) < 4.78 is 51.3. The third-order valence-corrected chi connectivity index (χ3v) is 3.55. The van der Waals surface area contributed by atoms with E-state index in [2.05, 4.69) is 5.32 Å². The predicted octanol–water partition coefficient (Wildman–Crippen LogP) is 4.08. The Bertz CT molecular complexity index is 406. The van der Waals surface area contributed by atoms with Gasteiger partial charge in [-0.2, -0.15) is 24.9 Å². The fourth-order valence-electron chi connectivity index (χ4n) is 1.74. The number of alkyl halides is 3. The number of benzene rings is 1. The molecule has 6 heteroatoms. The Morgan fingerprint density at radius 2 is 2.00 bits per heavy atom. The second-order valence-electron chi connectivity index (χ2n) is 4.24. The molecule has 0 radical (unpaired) electrons. The molecule has 108 valence electrons. The van der Waals surface area contributed by atoms with E-state index in [-0.39, 0.29) is 18.2 Å². The maximum atomic E-state index is 12.9. The van der Waals surface area contributed by atoms with Crippen molar-refractivity contribution in [2.24, 2.45) is 0 Å². The van der Waals surface area contributed by atoms with Crippen LogP contribution in [0.5, 0.6) is 0 Å². The van der Waals surface area contributed by atoms with Gasteiger partial charge in [0.1, 0.15) is 5.82 Å². The lowest BCUT2D eigenvalue weighted by molar-refractivity contribution is -0.138. The first-order chi connectivity index (χ1) is 8.88. The molecule has 0 bridgehead atoms. The smallest absolute Gasteiger partial charge is 0.309 e. The average molecular weight is 295 g/mol. The molecule has 1 aromatic carbocycles. The molecule has 1 unspecified atom stereocenters. The zero-order valence-corrected chi connectivity index (χ0v) is 11.7. The molecule has 0 heterocycles. The van der Waals surface area contributed by atoms with Crippen molar-refractivity contribution in [1.29, 1.82) is 0 Å². The van der Waals surface area contributed by atoms with Gasteiger partial charge in [-0.1, -0.05) is 13.0 Å². The Morgan fingerprint density at radius 3 is 2.53 bits per heavy atom. The van der Waals surface area contributed by atoms with Gasteiger partial charge in [0, 0.05) is 18.3 Å². The summed E-state index contributed by atoms with van der Waals surface area (Å²) in [5, 5.41) is 3.08. The van der Waals surface area contributed by atoms with Crippen LogP contribution in [0.15, 0.2) is 18.2 Å². The van der Waals surface area contributed by atoms with Gasteiger partial charge in [-0.15, -0.1) is 0 Å². The van der Waals surface area contributed by atoms with Crippen LogP contribution in [0.3, 0.4) is 0 Å². The molecule has 1 atom stereocenters. The van der Waals surface area contributed by atoms with Gasteiger partial charge in [-0.05, 0) is 30.4 Å². The maximum Gasteiger partial charge on any atom is 0.416 e. The largest absolute Gasteiger partial charge is 0.416 e. The summed E-state index contributed by atoms with van der Waals surface area (Å²) in [6, 6.07) is 2.95. The lowest BCUT2D eigenvalue weighted by Gasteiger charge is -2.18. The fourth-order valence-corrected chi connectivity index (χ4v) is 2.50. The van der Waals surface area contributed by atoms with Crippen LogP contribution in [-0.4, -0.2) is 18.1 Å². The van der Waals surface area contributed by atoms with E-state index in [1.807, 2.05) is 13.2 Å². The second kappa shape index (κ2) is 7.14. The predicted molar refractivity (Wildman–Crippen MR) is 70.7 cm³/mol. The van der Waals surface area contributed by atoms with Gasteiger partial charge in [0.05, 0.1) is 5.56 Å². The highest BCUT2D eigenvalue weighted by molar-refractivity contribution is 7.98. The van der Waals surface area contributed by atoms with E-state index >= 15 is 0 Å². The lowest BCUT2D eigenvalue weighted by atomic mass is 10.1. The molecule has 0 saturated carbocycles. The van der Waals surface area contributed by atoms with Crippen molar-refractivity contribution in [2.75, 3.05) is 12.0 Å².